The van der Waals surface area contributed by atoms with Gasteiger partial charge in [0.05, 0.1) is 19.8 Å². The zero-order chi connectivity index (χ0) is 20.3. The van der Waals surface area contributed by atoms with Gasteiger partial charge in [-0.1, -0.05) is 12.1 Å². The summed E-state index contributed by atoms with van der Waals surface area (Å²) in [5.74, 6) is -1.26. The van der Waals surface area contributed by atoms with Crippen molar-refractivity contribution in [2.45, 2.75) is 19.9 Å². The van der Waals surface area contributed by atoms with Gasteiger partial charge in [0.1, 0.15) is 5.70 Å². The summed E-state index contributed by atoms with van der Waals surface area (Å²) in [6.07, 6.45) is 7.36. The van der Waals surface area contributed by atoms with E-state index in [1.165, 1.54) is 20.3 Å². The molecule has 7 heteroatoms. The molecule has 1 amide bonds. The lowest BCUT2D eigenvalue weighted by Gasteiger charge is -2.30. The molecule has 2 aliphatic rings. The zero-order valence-electron chi connectivity index (χ0n) is 16.1. The van der Waals surface area contributed by atoms with E-state index < -0.39 is 11.9 Å². The van der Waals surface area contributed by atoms with Crippen LogP contribution in [0.15, 0.2) is 53.9 Å². The predicted molar refractivity (Wildman–Crippen MR) is 103 cm³/mol. The topological polar surface area (TPSA) is 76.2 Å². The molecule has 0 unspecified atom stereocenters. The number of allylic oxidation sites excluding steroid dienone is 2. The minimum atomic E-state index is -0.653. The van der Waals surface area contributed by atoms with Crippen molar-refractivity contribution in [1.82, 2.24) is 4.90 Å². The number of rotatable bonds is 3. The molecule has 28 heavy (non-hydrogen) atoms. The molecule has 3 rings (SSSR count). The normalized spacial score (nSPS) is 15.8. The second kappa shape index (κ2) is 8.12. The molecule has 146 valence electrons. The van der Waals surface area contributed by atoms with Crippen LogP contribution in [0.25, 0.3) is 0 Å². The Labute approximate surface area is 163 Å². The van der Waals surface area contributed by atoms with Gasteiger partial charge in [0, 0.05) is 31.9 Å². The summed E-state index contributed by atoms with van der Waals surface area (Å²) in [5.41, 5.74) is 3.02. The van der Waals surface area contributed by atoms with Crippen molar-refractivity contribution >= 4 is 23.5 Å². The SMILES string of the molecule is COC(=O)C1=C(C(=O)OC)N(c2ccc3c(c2)CN(C(C)=O)CC3)C=CC=C1. The number of hydrogen-bond acceptors (Lipinski definition) is 6. The number of amides is 1. The van der Waals surface area contributed by atoms with E-state index in [4.69, 9.17) is 9.47 Å². The van der Waals surface area contributed by atoms with E-state index >= 15 is 0 Å². The van der Waals surface area contributed by atoms with Crippen molar-refractivity contribution in [1.29, 1.82) is 0 Å². The van der Waals surface area contributed by atoms with Crippen molar-refractivity contribution in [3.8, 4) is 0 Å². The standard InChI is InChI=1S/C21H22N2O5/c1-14(24)22-11-9-15-7-8-17(12-16(15)13-22)23-10-5-4-6-18(20(25)27-2)19(23)21(26)28-3/h4-8,10,12H,9,11,13H2,1-3H3. The Morgan fingerprint density at radius 1 is 1.00 bits per heavy atom. The van der Waals surface area contributed by atoms with Gasteiger partial charge < -0.3 is 19.3 Å². The Balaban J connectivity index is 2.08. The van der Waals surface area contributed by atoms with Gasteiger partial charge >= 0.3 is 11.9 Å². The highest BCUT2D eigenvalue weighted by atomic mass is 16.5. The molecule has 0 radical (unpaired) electrons. The molecule has 0 aromatic heterocycles. The van der Waals surface area contributed by atoms with E-state index in [0.717, 1.165) is 17.5 Å². The number of carbonyl (C=O) groups is 3. The minimum absolute atomic E-state index is 0.0260. The van der Waals surface area contributed by atoms with Gasteiger partial charge in [0.15, 0.2) is 0 Å². The van der Waals surface area contributed by atoms with E-state index in [1.807, 2.05) is 18.2 Å². The number of hydrogen-bond donors (Lipinski definition) is 0. The third kappa shape index (κ3) is 3.69. The molecule has 0 N–H and O–H groups in total. The number of benzene rings is 1. The van der Waals surface area contributed by atoms with Crippen LogP contribution in [-0.2, 0) is 36.8 Å². The average Bonchev–Trinajstić information content (AvgIpc) is 2.94. The minimum Gasteiger partial charge on any atom is -0.465 e. The van der Waals surface area contributed by atoms with Crippen LogP contribution in [0.3, 0.4) is 0 Å². The van der Waals surface area contributed by atoms with E-state index in [-0.39, 0.29) is 17.2 Å². The summed E-state index contributed by atoms with van der Waals surface area (Å²) in [6.45, 7) is 2.75. The van der Waals surface area contributed by atoms with Crippen LogP contribution in [0.1, 0.15) is 18.1 Å². The molecule has 7 nitrogen and oxygen atoms in total. The number of esters is 2. The molecule has 0 saturated heterocycles. The van der Waals surface area contributed by atoms with Crippen LogP contribution in [0.2, 0.25) is 0 Å². The van der Waals surface area contributed by atoms with Gasteiger partial charge in [-0.2, -0.15) is 0 Å². The fourth-order valence-corrected chi connectivity index (χ4v) is 3.33. The Hall–Kier alpha value is -3.35. The first kappa shape index (κ1) is 19.4. The van der Waals surface area contributed by atoms with Crippen LogP contribution in [0, 0.1) is 0 Å². The lowest BCUT2D eigenvalue weighted by atomic mass is 9.98. The van der Waals surface area contributed by atoms with E-state index in [1.54, 1.807) is 35.1 Å². The molecular formula is C21H22N2O5. The molecule has 1 aromatic carbocycles. The Morgan fingerprint density at radius 3 is 2.43 bits per heavy atom. The molecule has 0 spiro atoms. The summed E-state index contributed by atoms with van der Waals surface area (Å²) in [5, 5.41) is 0. The number of fused-ring (bicyclic) bond motifs is 1. The molecule has 2 aliphatic heterocycles. The van der Waals surface area contributed by atoms with Crippen molar-refractivity contribution in [2.24, 2.45) is 0 Å². The summed E-state index contributed by atoms with van der Waals surface area (Å²) < 4.78 is 9.75. The van der Waals surface area contributed by atoms with Crippen LogP contribution >= 0.6 is 0 Å². The fourth-order valence-electron chi connectivity index (χ4n) is 3.33. The van der Waals surface area contributed by atoms with Crippen LogP contribution in [0.5, 0.6) is 0 Å². The third-order valence-corrected chi connectivity index (χ3v) is 4.81. The molecule has 0 saturated carbocycles. The van der Waals surface area contributed by atoms with Crippen molar-refractivity contribution in [3.63, 3.8) is 0 Å². The van der Waals surface area contributed by atoms with Gasteiger partial charge in [-0.25, -0.2) is 9.59 Å². The number of methoxy groups -OCH3 is 2. The molecule has 0 bridgehead atoms. The van der Waals surface area contributed by atoms with Crippen molar-refractivity contribution < 1.29 is 23.9 Å². The zero-order valence-corrected chi connectivity index (χ0v) is 16.1. The van der Waals surface area contributed by atoms with Gasteiger partial charge in [-0.15, -0.1) is 0 Å². The number of carbonyl (C=O) groups excluding carboxylic acids is 3. The van der Waals surface area contributed by atoms with Gasteiger partial charge in [0.25, 0.3) is 0 Å². The largest absolute Gasteiger partial charge is 0.465 e. The lowest BCUT2D eigenvalue weighted by molar-refractivity contribution is -0.139. The molecule has 2 heterocycles. The maximum atomic E-state index is 12.5. The number of anilines is 1. The van der Waals surface area contributed by atoms with Gasteiger partial charge in [-0.05, 0) is 41.8 Å². The first-order valence-electron chi connectivity index (χ1n) is 8.88. The Kier molecular flexibility index (Phi) is 5.63. The highest BCUT2D eigenvalue weighted by Gasteiger charge is 2.28. The maximum absolute atomic E-state index is 12.5. The maximum Gasteiger partial charge on any atom is 0.355 e. The van der Waals surface area contributed by atoms with Gasteiger partial charge in [-0.3, -0.25) is 4.79 Å². The first-order chi connectivity index (χ1) is 13.5. The highest BCUT2D eigenvalue weighted by Crippen LogP contribution is 2.30. The highest BCUT2D eigenvalue weighted by molar-refractivity contribution is 6.05. The number of ether oxygens (including phenoxy) is 2. The smallest absolute Gasteiger partial charge is 0.355 e. The second-order valence-electron chi connectivity index (χ2n) is 6.46. The van der Waals surface area contributed by atoms with Crippen molar-refractivity contribution in [3.05, 3.63) is 65.0 Å². The molecule has 0 aliphatic carbocycles. The second-order valence-corrected chi connectivity index (χ2v) is 6.46. The summed E-state index contributed by atoms with van der Waals surface area (Å²) in [4.78, 5) is 39.9. The first-order valence-corrected chi connectivity index (χ1v) is 8.88. The molecular weight excluding hydrogens is 360 g/mol. The lowest BCUT2D eigenvalue weighted by Crippen LogP contribution is -2.34. The summed E-state index contributed by atoms with van der Waals surface area (Å²) in [7, 11) is 2.52. The van der Waals surface area contributed by atoms with Crippen LogP contribution < -0.4 is 4.90 Å². The van der Waals surface area contributed by atoms with E-state index in [9.17, 15) is 14.4 Å². The Morgan fingerprint density at radius 2 is 1.75 bits per heavy atom. The van der Waals surface area contributed by atoms with Crippen LogP contribution in [-0.4, -0.2) is 43.5 Å². The van der Waals surface area contributed by atoms with Gasteiger partial charge in [0.2, 0.25) is 5.91 Å². The van der Waals surface area contributed by atoms with Crippen LogP contribution in [0.4, 0.5) is 5.69 Å². The van der Waals surface area contributed by atoms with E-state index in [0.29, 0.717) is 18.8 Å². The fraction of sp³-hybridized carbons (Fsp3) is 0.286. The molecule has 0 atom stereocenters. The summed E-state index contributed by atoms with van der Waals surface area (Å²) in [6, 6.07) is 5.80. The quantitative estimate of drug-likeness (QED) is 0.745. The predicted octanol–water partition coefficient (Wildman–Crippen LogP) is 2.08. The number of nitrogens with zero attached hydrogens (tertiary/aromatic N) is 2. The third-order valence-electron chi connectivity index (χ3n) is 4.81. The molecule has 0 fully saturated rings. The molecule has 1 aromatic rings. The Bertz CT molecular complexity index is 913. The van der Waals surface area contributed by atoms with E-state index in [2.05, 4.69) is 0 Å². The average molecular weight is 382 g/mol. The summed E-state index contributed by atoms with van der Waals surface area (Å²) >= 11 is 0. The monoisotopic (exact) mass is 382 g/mol. The van der Waals surface area contributed by atoms with Crippen molar-refractivity contribution in [2.75, 3.05) is 25.7 Å².